The molecular weight excluding hydrogens is 215 g/mol. The number of rotatable bonds is 2. The fourth-order valence-corrected chi connectivity index (χ4v) is 1.34. The van der Waals surface area contributed by atoms with Gasteiger partial charge in [-0.2, -0.15) is 0 Å². The monoisotopic (exact) mass is 220 g/mol. The van der Waals surface area contributed by atoms with E-state index in [4.69, 9.17) is 23.2 Å². The molecule has 0 spiro atoms. The van der Waals surface area contributed by atoms with Gasteiger partial charge in [0.2, 0.25) is 0 Å². The lowest BCUT2D eigenvalue weighted by atomic mass is 10.2. The van der Waals surface area contributed by atoms with Crippen molar-refractivity contribution >= 4 is 34.6 Å². The molecule has 0 saturated carbocycles. The van der Waals surface area contributed by atoms with Gasteiger partial charge in [-0.3, -0.25) is 10.1 Å². The predicted molar refractivity (Wildman–Crippen MR) is 52.7 cm³/mol. The number of nitrogens with one attached hydrogen (secondary N) is 1. The van der Waals surface area contributed by atoms with E-state index in [9.17, 15) is 10.1 Å². The molecule has 4 nitrogen and oxygen atoms in total. The molecule has 0 aliphatic carbocycles. The summed E-state index contributed by atoms with van der Waals surface area (Å²) in [5.41, 5.74) is 0.149. The Hall–Kier alpha value is -1.000. The van der Waals surface area contributed by atoms with Gasteiger partial charge in [0, 0.05) is 13.1 Å². The number of halogens is 2. The maximum atomic E-state index is 10.5. The molecule has 0 aromatic heterocycles. The average molecular weight is 221 g/mol. The van der Waals surface area contributed by atoms with E-state index in [2.05, 4.69) is 5.32 Å². The largest absolute Gasteiger partial charge is 0.381 e. The second kappa shape index (κ2) is 3.81. The molecule has 0 aliphatic rings. The summed E-state index contributed by atoms with van der Waals surface area (Å²) in [5.74, 6) is 0. The van der Waals surface area contributed by atoms with Gasteiger partial charge in [0.25, 0.3) is 5.69 Å². The standard InChI is InChI=1S/C7H6Cl2N2O2/c1-10-7-5(11(12)13)3-2-4(8)6(7)9/h2-3,10H,1H3. The number of nitro benzene ring substituents is 1. The molecule has 70 valence electrons. The Morgan fingerprint density at radius 2 is 2.08 bits per heavy atom. The molecule has 0 bridgehead atoms. The Morgan fingerprint density at radius 3 is 2.54 bits per heavy atom. The third-order valence-corrected chi connectivity index (χ3v) is 2.32. The molecule has 0 atom stereocenters. The van der Waals surface area contributed by atoms with Gasteiger partial charge in [-0.15, -0.1) is 0 Å². The average Bonchev–Trinajstić information content (AvgIpc) is 2.09. The Bertz CT molecular complexity index is 355. The molecule has 1 aromatic rings. The zero-order valence-corrected chi connectivity index (χ0v) is 8.19. The maximum absolute atomic E-state index is 10.5. The highest BCUT2D eigenvalue weighted by Gasteiger charge is 2.17. The first kappa shape index (κ1) is 10.1. The topological polar surface area (TPSA) is 55.2 Å². The Kier molecular flexibility index (Phi) is 2.95. The van der Waals surface area contributed by atoms with Crippen LogP contribution in [0.4, 0.5) is 11.4 Å². The van der Waals surface area contributed by atoms with Crippen molar-refractivity contribution in [1.29, 1.82) is 0 Å². The molecule has 0 radical (unpaired) electrons. The normalized spacial score (nSPS) is 9.77. The molecule has 1 N–H and O–H groups in total. The van der Waals surface area contributed by atoms with Gasteiger partial charge < -0.3 is 5.32 Å². The first-order valence-electron chi connectivity index (χ1n) is 3.38. The summed E-state index contributed by atoms with van der Waals surface area (Å²) >= 11 is 11.4. The molecule has 0 fully saturated rings. The van der Waals surface area contributed by atoms with Crippen molar-refractivity contribution in [3.63, 3.8) is 0 Å². The molecule has 1 rings (SSSR count). The SMILES string of the molecule is CNc1c([N+](=O)[O-])ccc(Cl)c1Cl. The van der Waals surface area contributed by atoms with Crippen molar-refractivity contribution in [1.82, 2.24) is 0 Å². The van der Waals surface area contributed by atoms with Crippen molar-refractivity contribution in [2.45, 2.75) is 0 Å². The molecule has 0 heterocycles. The summed E-state index contributed by atoms with van der Waals surface area (Å²) in [5, 5.41) is 13.6. The van der Waals surface area contributed by atoms with Crippen LogP contribution in [0.1, 0.15) is 0 Å². The van der Waals surface area contributed by atoms with Crippen LogP contribution in [-0.2, 0) is 0 Å². The van der Waals surface area contributed by atoms with Crippen molar-refractivity contribution in [2.24, 2.45) is 0 Å². The minimum Gasteiger partial charge on any atom is -0.381 e. The highest BCUT2D eigenvalue weighted by molar-refractivity contribution is 6.44. The van der Waals surface area contributed by atoms with Gasteiger partial charge in [-0.25, -0.2) is 0 Å². The zero-order chi connectivity index (χ0) is 10.0. The van der Waals surface area contributed by atoms with Crippen molar-refractivity contribution in [3.05, 3.63) is 32.3 Å². The summed E-state index contributed by atoms with van der Waals surface area (Å²) in [7, 11) is 1.55. The smallest absolute Gasteiger partial charge is 0.293 e. The minimum atomic E-state index is -0.520. The minimum absolute atomic E-state index is 0.0862. The van der Waals surface area contributed by atoms with E-state index in [1.54, 1.807) is 7.05 Å². The van der Waals surface area contributed by atoms with Crippen LogP contribution >= 0.6 is 23.2 Å². The van der Waals surface area contributed by atoms with Crippen LogP contribution in [0.15, 0.2) is 12.1 Å². The summed E-state index contributed by atoms with van der Waals surface area (Å²) in [6.45, 7) is 0. The Balaban J connectivity index is 3.38. The lowest BCUT2D eigenvalue weighted by Gasteiger charge is -2.04. The Labute approximate surface area is 84.6 Å². The van der Waals surface area contributed by atoms with Gasteiger partial charge in [0.15, 0.2) is 0 Å². The van der Waals surface area contributed by atoms with E-state index in [0.717, 1.165) is 0 Å². The van der Waals surface area contributed by atoms with Crippen LogP contribution in [0.5, 0.6) is 0 Å². The summed E-state index contributed by atoms with van der Waals surface area (Å²) < 4.78 is 0. The van der Waals surface area contributed by atoms with Gasteiger partial charge >= 0.3 is 0 Å². The first-order chi connectivity index (χ1) is 6.07. The number of nitro groups is 1. The maximum Gasteiger partial charge on any atom is 0.293 e. The molecule has 0 amide bonds. The number of nitrogens with zero attached hydrogens (tertiary/aromatic N) is 1. The highest BCUT2D eigenvalue weighted by Crippen LogP contribution is 2.36. The van der Waals surface area contributed by atoms with Gasteiger partial charge in [0.05, 0.1) is 15.0 Å². The van der Waals surface area contributed by atoms with E-state index in [1.165, 1.54) is 12.1 Å². The molecule has 0 unspecified atom stereocenters. The van der Waals surface area contributed by atoms with Crippen molar-refractivity contribution < 1.29 is 4.92 Å². The summed E-state index contributed by atoms with van der Waals surface area (Å²) in [6.07, 6.45) is 0. The summed E-state index contributed by atoms with van der Waals surface area (Å²) in [4.78, 5) is 9.99. The first-order valence-corrected chi connectivity index (χ1v) is 4.13. The number of hydrogen-bond donors (Lipinski definition) is 1. The molecule has 13 heavy (non-hydrogen) atoms. The second-order valence-electron chi connectivity index (χ2n) is 2.26. The third-order valence-electron chi connectivity index (χ3n) is 1.52. The second-order valence-corrected chi connectivity index (χ2v) is 3.05. The number of benzene rings is 1. The summed E-state index contributed by atoms with van der Waals surface area (Å²) in [6, 6.07) is 2.70. The molecule has 6 heteroatoms. The van der Waals surface area contributed by atoms with Crippen molar-refractivity contribution in [2.75, 3.05) is 12.4 Å². The van der Waals surface area contributed by atoms with Crippen LogP contribution in [0.2, 0.25) is 10.0 Å². The van der Waals surface area contributed by atoms with Crippen LogP contribution in [-0.4, -0.2) is 12.0 Å². The van der Waals surface area contributed by atoms with Crippen LogP contribution < -0.4 is 5.32 Å². The number of anilines is 1. The fraction of sp³-hybridized carbons (Fsp3) is 0.143. The van der Waals surface area contributed by atoms with Gasteiger partial charge in [0.1, 0.15) is 5.69 Å². The van der Waals surface area contributed by atoms with Crippen LogP contribution in [0, 0.1) is 10.1 Å². The fourth-order valence-electron chi connectivity index (χ4n) is 0.930. The lowest BCUT2D eigenvalue weighted by molar-refractivity contribution is -0.383. The molecule has 1 aromatic carbocycles. The van der Waals surface area contributed by atoms with Crippen molar-refractivity contribution in [3.8, 4) is 0 Å². The lowest BCUT2D eigenvalue weighted by Crippen LogP contribution is -1.97. The van der Waals surface area contributed by atoms with E-state index >= 15 is 0 Å². The third kappa shape index (κ3) is 1.84. The quantitative estimate of drug-likeness (QED) is 0.616. The molecule has 0 saturated heterocycles. The van der Waals surface area contributed by atoms with Crippen LogP contribution in [0.25, 0.3) is 0 Å². The highest BCUT2D eigenvalue weighted by atomic mass is 35.5. The van der Waals surface area contributed by atoms with Crippen LogP contribution in [0.3, 0.4) is 0 Å². The van der Waals surface area contributed by atoms with E-state index in [0.29, 0.717) is 0 Å². The molecule has 0 aliphatic heterocycles. The van der Waals surface area contributed by atoms with Gasteiger partial charge in [-0.05, 0) is 6.07 Å². The number of hydrogen-bond acceptors (Lipinski definition) is 3. The van der Waals surface area contributed by atoms with Gasteiger partial charge in [-0.1, -0.05) is 23.2 Å². The molecular formula is C7H6Cl2N2O2. The van der Waals surface area contributed by atoms with E-state index < -0.39 is 4.92 Å². The zero-order valence-electron chi connectivity index (χ0n) is 6.67. The Morgan fingerprint density at radius 1 is 1.46 bits per heavy atom. The van der Waals surface area contributed by atoms with E-state index in [-0.39, 0.29) is 21.4 Å². The van der Waals surface area contributed by atoms with E-state index in [1.807, 2.05) is 0 Å². The predicted octanol–water partition coefficient (Wildman–Crippen LogP) is 2.94.